The van der Waals surface area contributed by atoms with E-state index in [1.165, 1.54) is 12.1 Å². The van der Waals surface area contributed by atoms with Gasteiger partial charge in [0.2, 0.25) is 0 Å². The molecular weight excluding hydrogens is 232 g/mol. The van der Waals surface area contributed by atoms with Gasteiger partial charge in [0.25, 0.3) is 0 Å². The molecule has 1 atom stereocenters. The Morgan fingerprint density at radius 3 is 2.17 bits per heavy atom. The maximum atomic E-state index is 13.9. The van der Waals surface area contributed by atoms with E-state index in [2.05, 4.69) is 0 Å². The summed E-state index contributed by atoms with van der Waals surface area (Å²) in [6, 6.07) is 9.60. The van der Waals surface area contributed by atoms with Gasteiger partial charge in [-0.1, -0.05) is 30.3 Å². The molecule has 18 heavy (non-hydrogen) atoms. The van der Waals surface area contributed by atoms with Gasteiger partial charge in [-0.3, -0.25) is 0 Å². The van der Waals surface area contributed by atoms with Gasteiger partial charge in [0.15, 0.2) is 0 Å². The van der Waals surface area contributed by atoms with Gasteiger partial charge < -0.3 is 5.73 Å². The maximum absolute atomic E-state index is 13.9. The smallest absolute Gasteiger partial charge is 0.136 e. The predicted octanol–water partition coefficient (Wildman–Crippen LogP) is 3.96. The molecular formula is C15H15F2N. The van der Waals surface area contributed by atoms with Crippen molar-refractivity contribution in [2.45, 2.75) is 19.9 Å². The molecule has 0 radical (unpaired) electrons. The first-order chi connectivity index (χ1) is 8.50. The average molecular weight is 247 g/mol. The van der Waals surface area contributed by atoms with Crippen LogP contribution in [0.4, 0.5) is 8.78 Å². The molecule has 0 saturated carbocycles. The molecule has 1 unspecified atom stereocenters. The number of halogens is 2. The first-order valence-corrected chi connectivity index (χ1v) is 5.81. The highest BCUT2D eigenvalue weighted by atomic mass is 19.1. The number of hydrogen-bond acceptors (Lipinski definition) is 1. The van der Waals surface area contributed by atoms with E-state index in [4.69, 9.17) is 5.73 Å². The highest BCUT2D eigenvalue weighted by Crippen LogP contribution is 2.28. The molecule has 0 aromatic heterocycles. The van der Waals surface area contributed by atoms with Gasteiger partial charge >= 0.3 is 0 Å². The van der Waals surface area contributed by atoms with Gasteiger partial charge in [0.1, 0.15) is 11.6 Å². The van der Waals surface area contributed by atoms with E-state index in [1.54, 1.807) is 31.2 Å². The van der Waals surface area contributed by atoms with Crippen molar-refractivity contribution in [2.24, 2.45) is 5.73 Å². The molecule has 0 aliphatic carbocycles. The van der Waals surface area contributed by atoms with Crippen LogP contribution in [0.2, 0.25) is 0 Å². The molecule has 1 nitrogen and oxygen atoms in total. The van der Waals surface area contributed by atoms with Crippen molar-refractivity contribution >= 4 is 0 Å². The Balaban J connectivity index is 2.52. The van der Waals surface area contributed by atoms with E-state index < -0.39 is 11.6 Å². The molecule has 0 aliphatic heterocycles. The average Bonchev–Trinajstić information content (AvgIpc) is 2.35. The Hall–Kier alpha value is -1.74. The van der Waals surface area contributed by atoms with E-state index in [-0.39, 0.29) is 11.6 Å². The molecule has 94 valence electrons. The first-order valence-electron chi connectivity index (χ1n) is 5.81. The summed E-state index contributed by atoms with van der Waals surface area (Å²) in [5.74, 6) is -1.06. The monoisotopic (exact) mass is 247 g/mol. The van der Waals surface area contributed by atoms with Crippen LogP contribution in [-0.4, -0.2) is 0 Å². The molecule has 2 rings (SSSR count). The van der Waals surface area contributed by atoms with Crippen molar-refractivity contribution in [1.29, 1.82) is 0 Å². The largest absolute Gasteiger partial charge is 0.324 e. The van der Waals surface area contributed by atoms with Crippen molar-refractivity contribution in [3.8, 4) is 11.1 Å². The molecule has 3 heteroatoms. The lowest BCUT2D eigenvalue weighted by atomic mass is 9.99. The van der Waals surface area contributed by atoms with Crippen LogP contribution in [0.3, 0.4) is 0 Å². The zero-order valence-electron chi connectivity index (χ0n) is 10.4. The Labute approximate surface area is 105 Å². The number of rotatable bonds is 2. The normalized spacial score (nSPS) is 12.5. The number of benzene rings is 2. The highest BCUT2D eigenvalue weighted by molar-refractivity contribution is 5.66. The minimum absolute atomic E-state index is 0.0197. The van der Waals surface area contributed by atoms with Crippen LogP contribution < -0.4 is 5.73 Å². The molecule has 0 spiro atoms. The van der Waals surface area contributed by atoms with Crippen LogP contribution in [0.5, 0.6) is 0 Å². The standard InChI is InChI=1S/C15H15F2N/c1-9-3-8-13(16)14(15(9)17)12-6-4-11(5-7-12)10(2)18/h3-8,10H,18H2,1-2H3. The lowest BCUT2D eigenvalue weighted by Gasteiger charge is -2.10. The summed E-state index contributed by atoms with van der Waals surface area (Å²) >= 11 is 0. The summed E-state index contributed by atoms with van der Waals surface area (Å²) in [4.78, 5) is 0. The van der Waals surface area contributed by atoms with Gasteiger partial charge in [0.05, 0.1) is 5.56 Å². The quantitative estimate of drug-likeness (QED) is 0.854. The van der Waals surface area contributed by atoms with Gasteiger partial charge in [-0.15, -0.1) is 0 Å². The van der Waals surface area contributed by atoms with Crippen molar-refractivity contribution in [3.05, 3.63) is 59.2 Å². The minimum Gasteiger partial charge on any atom is -0.324 e. The van der Waals surface area contributed by atoms with Gasteiger partial charge in [-0.05, 0) is 36.6 Å². The summed E-state index contributed by atoms with van der Waals surface area (Å²) in [6.07, 6.45) is 0. The van der Waals surface area contributed by atoms with Crippen LogP contribution in [0.15, 0.2) is 36.4 Å². The third-order valence-electron chi connectivity index (χ3n) is 3.01. The number of hydrogen-bond donors (Lipinski definition) is 1. The Morgan fingerprint density at radius 2 is 1.61 bits per heavy atom. The SMILES string of the molecule is Cc1ccc(F)c(-c2ccc(C(C)N)cc2)c1F. The van der Waals surface area contributed by atoms with E-state index in [1.807, 2.05) is 6.92 Å². The van der Waals surface area contributed by atoms with Gasteiger partial charge in [-0.25, -0.2) is 8.78 Å². The Kier molecular flexibility index (Phi) is 3.43. The number of nitrogens with two attached hydrogens (primary N) is 1. The van der Waals surface area contributed by atoms with Gasteiger partial charge in [-0.2, -0.15) is 0 Å². The molecule has 0 aliphatic rings. The fraction of sp³-hybridized carbons (Fsp3) is 0.200. The Morgan fingerprint density at radius 1 is 1.00 bits per heavy atom. The van der Waals surface area contributed by atoms with Crippen LogP contribution in [0, 0.1) is 18.6 Å². The number of aryl methyl sites for hydroxylation is 1. The second-order valence-electron chi connectivity index (χ2n) is 4.46. The molecule has 2 N–H and O–H groups in total. The zero-order valence-corrected chi connectivity index (χ0v) is 10.4. The lowest BCUT2D eigenvalue weighted by Crippen LogP contribution is -2.04. The summed E-state index contributed by atoms with van der Waals surface area (Å²) in [7, 11) is 0. The molecule has 2 aromatic rings. The summed E-state index contributed by atoms with van der Waals surface area (Å²) < 4.78 is 27.7. The van der Waals surface area contributed by atoms with Crippen molar-refractivity contribution < 1.29 is 8.78 Å². The lowest BCUT2D eigenvalue weighted by molar-refractivity contribution is 0.584. The predicted molar refractivity (Wildman–Crippen MR) is 69.1 cm³/mol. The first kappa shape index (κ1) is 12.7. The van der Waals surface area contributed by atoms with E-state index in [9.17, 15) is 8.78 Å². The molecule has 0 saturated heterocycles. The molecule has 0 heterocycles. The van der Waals surface area contributed by atoms with Crippen LogP contribution in [-0.2, 0) is 0 Å². The molecule has 0 amide bonds. The topological polar surface area (TPSA) is 26.0 Å². The fourth-order valence-corrected chi connectivity index (χ4v) is 1.87. The van der Waals surface area contributed by atoms with Crippen molar-refractivity contribution in [3.63, 3.8) is 0 Å². The second kappa shape index (κ2) is 4.86. The zero-order chi connectivity index (χ0) is 13.3. The molecule has 0 bridgehead atoms. The van der Waals surface area contributed by atoms with Crippen LogP contribution in [0.1, 0.15) is 24.1 Å². The van der Waals surface area contributed by atoms with Crippen LogP contribution in [0.25, 0.3) is 11.1 Å². The van der Waals surface area contributed by atoms with E-state index in [0.29, 0.717) is 11.1 Å². The van der Waals surface area contributed by atoms with Crippen molar-refractivity contribution in [2.75, 3.05) is 0 Å². The van der Waals surface area contributed by atoms with Crippen molar-refractivity contribution in [1.82, 2.24) is 0 Å². The third-order valence-corrected chi connectivity index (χ3v) is 3.01. The second-order valence-corrected chi connectivity index (χ2v) is 4.46. The third kappa shape index (κ3) is 2.27. The molecule has 2 aromatic carbocycles. The minimum atomic E-state index is -0.549. The van der Waals surface area contributed by atoms with Crippen LogP contribution >= 0.6 is 0 Å². The summed E-state index contributed by atoms with van der Waals surface area (Å²) in [5.41, 5.74) is 7.65. The Bertz CT molecular complexity index is 559. The summed E-state index contributed by atoms with van der Waals surface area (Å²) in [6.45, 7) is 3.48. The van der Waals surface area contributed by atoms with Gasteiger partial charge in [0, 0.05) is 6.04 Å². The van der Waals surface area contributed by atoms with E-state index >= 15 is 0 Å². The maximum Gasteiger partial charge on any atom is 0.136 e. The molecule has 0 fully saturated rings. The fourth-order valence-electron chi connectivity index (χ4n) is 1.87. The van der Waals surface area contributed by atoms with E-state index in [0.717, 1.165) is 5.56 Å². The highest BCUT2D eigenvalue weighted by Gasteiger charge is 2.13. The summed E-state index contributed by atoms with van der Waals surface area (Å²) in [5, 5.41) is 0.